The quantitative estimate of drug-likeness (QED) is 0.721. The zero-order valence-electron chi connectivity index (χ0n) is 7.58. The topological polar surface area (TPSA) is 41.5 Å². The van der Waals surface area contributed by atoms with Crippen molar-refractivity contribution >= 4 is 0 Å². The van der Waals surface area contributed by atoms with Crippen LogP contribution in [0.3, 0.4) is 0 Å². The number of nitrogens with one attached hydrogen (secondary N) is 1. The fourth-order valence-corrected chi connectivity index (χ4v) is 1.50. The van der Waals surface area contributed by atoms with Crippen LogP contribution < -0.4 is 10.1 Å². The maximum atomic E-state index is 9.51. The second kappa shape index (κ2) is 3.26. The third-order valence-corrected chi connectivity index (χ3v) is 2.43. The SMILES string of the molecule is COc1ccc([C@@H]2CCN2)cc1O. The Morgan fingerprint density at radius 3 is 2.77 bits per heavy atom. The summed E-state index contributed by atoms with van der Waals surface area (Å²) in [6.07, 6.45) is 1.14. The Bertz CT molecular complexity index is 308. The molecule has 2 rings (SSSR count). The van der Waals surface area contributed by atoms with E-state index in [0.717, 1.165) is 18.5 Å². The van der Waals surface area contributed by atoms with Gasteiger partial charge in [0, 0.05) is 6.04 Å². The predicted octanol–water partition coefficient (Wildman–Crippen LogP) is 1.44. The number of phenols is 1. The molecule has 3 heteroatoms. The van der Waals surface area contributed by atoms with E-state index >= 15 is 0 Å². The summed E-state index contributed by atoms with van der Waals surface area (Å²) in [5, 5.41) is 12.8. The van der Waals surface area contributed by atoms with Crippen LogP contribution in [-0.4, -0.2) is 18.8 Å². The summed E-state index contributed by atoms with van der Waals surface area (Å²) >= 11 is 0. The standard InChI is InChI=1S/C10H13NO2/c1-13-10-3-2-7(6-9(10)12)8-4-5-11-8/h2-3,6,8,11-12H,4-5H2,1H3/t8-/m0/s1. The minimum atomic E-state index is 0.216. The van der Waals surface area contributed by atoms with Gasteiger partial charge in [-0.1, -0.05) is 6.07 Å². The highest BCUT2D eigenvalue weighted by atomic mass is 16.5. The molecule has 70 valence electrons. The molecular weight excluding hydrogens is 166 g/mol. The summed E-state index contributed by atoms with van der Waals surface area (Å²) in [4.78, 5) is 0. The van der Waals surface area contributed by atoms with E-state index in [1.54, 1.807) is 19.2 Å². The lowest BCUT2D eigenvalue weighted by Crippen LogP contribution is -2.34. The van der Waals surface area contributed by atoms with E-state index < -0.39 is 0 Å². The molecule has 0 bridgehead atoms. The molecule has 1 saturated heterocycles. The van der Waals surface area contributed by atoms with Gasteiger partial charge in [-0.25, -0.2) is 0 Å². The molecule has 13 heavy (non-hydrogen) atoms. The van der Waals surface area contributed by atoms with Crippen LogP contribution in [-0.2, 0) is 0 Å². The van der Waals surface area contributed by atoms with Crippen molar-refractivity contribution in [2.45, 2.75) is 12.5 Å². The minimum absolute atomic E-state index is 0.216. The Morgan fingerprint density at radius 2 is 2.31 bits per heavy atom. The van der Waals surface area contributed by atoms with Gasteiger partial charge in [0.2, 0.25) is 0 Å². The maximum absolute atomic E-state index is 9.51. The molecule has 1 aliphatic rings. The van der Waals surface area contributed by atoms with E-state index in [4.69, 9.17) is 4.74 Å². The molecule has 0 radical (unpaired) electrons. The Labute approximate surface area is 77.3 Å². The van der Waals surface area contributed by atoms with Gasteiger partial charge in [-0.2, -0.15) is 0 Å². The first kappa shape index (κ1) is 8.38. The summed E-state index contributed by atoms with van der Waals surface area (Å²) in [7, 11) is 1.55. The lowest BCUT2D eigenvalue weighted by atomic mass is 9.98. The number of rotatable bonds is 2. The van der Waals surface area contributed by atoms with Crippen molar-refractivity contribution in [1.82, 2.24) is 5.32 Å². The number of hydrogen-bond acceptors (Lipinski definition) is 3. The molecule has 3 nitrogen and oxygen atoms in total. The monoisotopic (exact) mass is 179 g/mol. The first-order valence-electron chi connectivity index (χ1n) is 4.41. The van der Waals surface area contributed by atoms with Crippen LogP contribution in [0.15, 0.2) is 18.2 Å². The first-order valence-corrected chi connectivity index (χ1v) is 4.41. The number of aromatic hydroxyl groups is 1. The second-order valence-corrected chi connectivity index (χ2v) is 3.23. The molecule has 2 N–H and O–H groups in total. The Morgan fingerprint density at radius 1 is 1.54 bits per heavy atom. The molecule has 1 aliphatic heterocycles. The van der Waals surface area contributed by atoms with Gasteiger partial charge in [0.1, 0.15) is 0 Å². The summed E-state index contributed by atoms with van der Waals surface area (Å²) < 4.78 is 4.96. The molecule has 1 fully saturated rings. The average molecular weight is 179 g/mol. The van der Waals surface area contributed by atoms with E-state index in [1.165, 1.54) is 0 Å². The first-order chi connectivity index (χ1) is 6.31. The largest absolute Gasteiger partial charge is 0.504 e. The van der Waals surface area contributed by atoms with Crippen LogP contribution in [0.1, 0.15) is 18.0 Å². The van der Waals surface area contributed by atoms with Crippen molar-refractivity contribution in [3.05, 3.63) is 23.8 Å². The van der Waals surface area contributed by atoms with Crippen molar-refractivity contribution < 1.29 is 9.84 Å². The maximum Gasteiger partial charge on any atom is 0.160 e. The third-order valence-electron chi connectivity index (χ3n) is 2.43. The fraction of sp³-hybridized carbons (Fsp3) is 0.400. The van der Waals surface area contributed by atoms with Gasteiger partial charge in [0.25, 0.3) is 0 Å². The van der Waals surface area contributed by atoms with Gasteiger partial charge in [0.05, 0.1) is 7.11 Å². The molecule has 0 amide bonds. The summed E-state index contributed by atoms with van der Waals surface area (Å²) in [5.74, 6) is 0.747. The van der Waals surface area contributed by atoms with Crippen LogP contribution in [0.25, 0.3) is 0 Å². The predicted molar refractivity (Wildman–Crippen MR) is 50.0 cm³/mol. The summed E-state index contributed by atoms with van der Waals surface area (Å²) in [5.41, 5.74) is 1.13. The minimum Gasteiger partial charge on any atom is -0.504 e. The number of hydrogen-bond donors (Lipinski definition) is 2. The third kappa shape index (κ3) is 1.47. The summed E-state index contributed by atoms with van der Waals surface area (Å²) in [6, 6.07) is 5.95. The average Bonchev–Trinajstić information content (AvgIpc) is 2.01. The molecule has 0 aliphatic carbocycles. The normalized spacial score (nSPS) is 20.8. The van der Waals surface area contributed by atoms with Gasteiger partial charge in [0.15, 0.2) is 11.5 Å². The molecule has 1 aromatic carbocycles. The van der Waals surface area contributed by atoms with E-state index in [2.05, 4.69) is 5.32 Å². The fourth-order valence-electron chi connectivity index (χ4n) is 1.50. The van der Waals surface area contributed by atoms with Crippen LogP contribution in [0.2, 0.25) is 0 Å². The second-order valence-electron chi connectivity index (χ2n) is 3.23. The molecule has 1 aromatic rings. The van der Waals surface area contributed by atoms with Crippen LogP contribution >= 0.6 is 0 Å². The number of ether oxygens (including phenoxy) is 1. The van der Waals surface area contributed by atoms with Crippen molar-refractivity contribution in [2.24, 2.45) is 0 Å². The zero-order chi connectivity index (χ0) is 9.26. The Kier molecular flexibility index (Phi) is 2.10. The molecule has 0 spiro atoms. The van der Waals surface area contributed by atoms with Crippen LogP contribution in [0.5, 0.6) is 11.5 Å². The van der Waals surface area contributed by atoms with Gasteiger partial charge < -0.3 is 15.2 Å². The lowest BCUT2D eigenvalue weighted by molar-refractivity contribution is 0.363. The molecule has 1 heterocycles. The number of benzene rings is 1. The molecule has 0 aromatic heterocycles. The Hall–Kier alpha value is -1.22. The zero-order valence-corrected chi connectivity index (χ0v) is 7.58. The van der Waals surface area contributed by atoms with Crippen LogP contribution in [0, 0.1) is 0 Å². The van der Waals surface area contributed by atoms with E-state index in [0.29, 0.717) is 11.8 Å². The van der Waals surface area contributed by atoms with Gasteiger partial charge >= 0.3 is 0 Å². The molecular formula is C10H13NO2. The molecule has 1 atom stereocenters. The van der Waals surface area contributed by atoms with Crippen molar-refractivity contribution in [2.75, 3.05) is 13.7 Å². The molecule has 0 unspecified atom stereocenters. The lowest BCUT2D eigenvalue weighted by Gasteiger charge is -2.28. The number of methoxy groups -OCH3 is 1. The summed E-state index contributed by atoms with van der Waals surface area (Å²) in [6.45, 7) is 1.07. The van der Waals surface area contributed by atoms with Crippen LogP contribution in [0.4, 0.5) is 0 Å². The highest BCUT2D eigenvalue weighted by Crippen LogP contribution is 2.31. The number of phenolic OH excluding ortho intramolecular Hbond substituents is 1. The van der Waals surface area contributed by atoms with E-state index in [1.807, 2.05) is 6.07 Å². The molecule has 0 saturated carbocycles. The van der Waals surface area contributed by atoms with Crippen molar-refractivity contribution in [1.29, 1.82) is 0 Å². The van der Waals surface area contributed by atoms with E-state index in [9.17, 15) is 5.11 Å². The van der Waals surface area contributed by atoms with E-state index in [-0.39, 0.29) is 5.75 Å². The smallest absolute Gasteiger partial charge is 0.160 e. The van der Waals surface area contributed by atoms with Gasteiger partial charge in [-0.15, -0.1) is 0 Å². The van der Waals surface area contributed by atoms with Gasteiger partial charge in [-0.3, -0.25) is 0 Å². The Balaban J connectivity index is 2.24. The van der Waals surface area contributed by atoms with Crippen molar-refractivity contribution in [3.63, 3.8) is 0 Å². The highest BCUT2D eigenvalue weighted by Gasteiger charge is 2.19. The van der Waals surface area contributed by atoms with Crippen molar-refractivity contribution in [3.8, 4) is 11.5 Å². The highest BCUT2D eigenvalue weighted by molar-refractivity contribution is 5.42. The van der Waals surface area contributed by atoms with Gasteiger partial charge in [-0.05, 0) is 30.7 Å².